The van der Waals surface area contributed by atoms with E-state index in [0.29, 0.717) is 0 Å². The molecular formula is C6H7NO2. The third kappa shape index (κ3) is 0.740. The van der Waals surface area contributed by atoms with Crippen molar-refractivity contribution in [2.45, 2.75) is 6.92 Å². The van der Waals surface area contributed by atoms with Crippen molar-refractivity contribution in [1.29, 1.82) is 0 Å². The van der Waals surface area contributed by atoms with Crippen molar-refractivity contribution >= 4 is 11.8 Å². The molecule has 1 rings (SSSR count). The molecule has 0 fully saturated rings. The smallest absolute Gasteiger partial charge is 0.256 e. The van der Waals surface area contributed by atoms with Crippen LogP contribution in [-0.4, -0.2) is 23.8 Å². The molecule has 0 atom stereocenters. The van der Waals surface area contributed by atoms with Gasteiger partial charge in [0.2, 0.25) is 0 Å². The van der Waals surface area contributed by atoms with Gasteiger partial charge < -0.3 is 0 Å². The van der Waals surface area contributed by atoms with Crippen molar-refractivity contribution < 1.29 is 11.0 Å². The van der Waals surface area contributed by atoms with Crippen LogP contribution >= 0.6 is 0 Å². The van der Waals surface area contributed by atoms with Gasteiger partial charge in [-0.3, -0.25) is 14.5 Å². The molecule has 2 amide bonds. The zero-order valence-electron chi connectivity index (χ0n) is 6.26. The summed E-state index contributed by atoms with van der Waals surface area (Å²) in [5, 5.41) is 0. The maximum Gasteiger partial charge on any atom is 0.256 e. The molecule has 9 heavy (non-hydrogen) atoms. The van der Waals surface area contributed by atoms with Crippen molar-refractivity contribution in [3.8, 4) is 0 Å². The quantitative estimate of drug-likeness (QED) is 0.426. The van der Waals surface area contributed by atoms with E-state index in [4.69, 9.17) is 1.37 Å². The summed E-state index contributed by atoms with van der Waals surface area (Å²) in [6.45, 7) is 1.48. The SMILES string of the molecule is [2H]C1=C(C)C(=O)N(C)C1=O. The van der Waals surface area contributed by atoms with E-state index in [9.17, 15) is 9.59 Å². The largest absolute Gasteiger partial charge is 0.278 e. The van der Waals surface area contributed by atoms with Gasteiger partial charge in [-0.05, 0) is 6.92 Å². The number of hydrogen-bond donors (Lipinski definition) is 0. The van der Waals surface area contributed by atoms with Crippen LogP contribution in [0.2, 0.25) is 0 Å². The number of carbonyl (C=O) groups is 2. The summed E-state index contributed by atoms with van der Waals surface area (Å²) in [7, 11) is 1.37. The number of rotatable bonds is 0. The first-order valence-corrected chi connectivity index (χ1v) is 2.55. The summed E-state index contributed by atoms with van der Waals surface area (Å²) < 4.78 is 7.07. The lowest BCUT2D eigenvalue weighted by atomic mass is 10.3. The monoisotopic (exact) mass is 126 g/mol. The Kier molecular flexibility index (Phi) is 0.886. The molecule has 3 nitrogen and oxygen atoms in total. The molecule has 0 saturated carbocycles. The van der Waals surface area contributed by atoms with Gasteiger partial charge in [0, 0.05) is 18.7 Å². The summed E-state index contributed by atoms with van der Waals surface area (Å²) >= 11 is 0. The zero-order valence-corrected chi connectivity index (χ0v) is 5.26. The molecule has 0 unspecified atom stereocenters. The van der Waals surface area contributed by atoms with E-state index in [1.165, 1.54) is 14.0 Å². The van der Waals surface area contributed by atoms with Crippen LogP contribution in [0, 0.1) is 0 Å². The van der Waals surface area contributed by atoms with Crippen LogP contribution in [0.3, 0.4) is 0 Å². The van der Waals surface area contributed by atoms with E-state index in [2.05, 4.69) is 0 Å². The summed E-state index contributed by atoms with van der Waals surface area (Å²) in [6, 6.07) is -0.187. The van der Waals surface area contributed by atoms with Gasteiger partial charge >= 0.3 is 0 Å². The highest BCUT2D eigenvalue weighted by atomic mass is 16.2. The Labute approximate surface area is 54.4 Å². The van der Waals surface area contributed by atoms with Crippen molar-refractivity contribution in [2.24, 2.45) is 0 Å². The van der Waals surface area contributed by atoms with Crippen molar-refractivity contribution in [3.63, 3.8) is 0 Å². The second-order valence-corrected chi connectivity index (χ2v) is 1.92. The molecule has 0 bridgehead atoms. The number of imide groups is 1. The lowest BCUT2D eigenvalue weighted by molar-refractivity contribution is -0.135. The van der Waals surface area contributed by atoms with E-state index >= 15 is 0 Å². The minimum Gasteiger partial charge on any atom is -0.278 e. The van der Waals surface area contributed by atoms with Gasteiger partial charge in [0.1, 0.15) is 0 Å². The Morgan fingerprint density at radius 3 is 2.33 bits per heavy atom. The van der Waals surface area contributed by atoms with E-state index in [0.717, 1.165) is 4.90 Å². The maximum absolute atomic E-state index is 10.9. The molecule has 1 aliphatic heterocycles. The summed E-state index contributed by atoms with van der Waals surface area (Å²) in [6.07, 6.45) is 0. The molecule has 0 aliphatic carbocycles. The molecule has 0 N–H and O–H groups in total. The third-order valence-corrected chi connectivity index (χ3v) is 1.22. The van der Waals surface area contributed by atoms with Crippen molar-refractivity contribution in [2.75, 3.05) is 7.05 Å². The van der Waals surface area contributed by atoms with Crippen LogP contribution < -0.4 is 0 Å². The van der Waals surface area contributed by atoms with Gasteiger partial charge in [0.25, 0.3) is 11.8 Å². The molecule has 1 aliphatic rings. The summed E-state index contributed by atoms with van der Waals surface area (Å²) in [5.41, 5.74) is 0.229. The molecular weight excluding hydrogens is 118 g/mol. The zero-order chi connectivity index (χ0) is 7.89. The Balaban J connectivity index is 3.11. The predicted octanol–water partition coefficient (Wildman–Crippen LogP) is -0.0687. The number of hydrogen-bond acceptors (Lipinski definition) is 2. The number of nitrogens with zero attached hydrogens (tertiary/aromatic N) is 1. The van der Waals surface area contributed by atoms with E-state index in [-0.39, 0.29) is 17.5 Å². The second-order valence-electron chi connectivity index (χ2n) is 1.92. The molecule has 0 aromatic rings. The average molecular weight is 126 g/mol. The normalized spacial score (nSPS) is 21.6. The van der Waals surface area contributed by atoms with Gasteiger partial charge in [0.15, 0.2) is 0 Å². The molecule has 1 heterocycles. The molecule has 0 saturated heterocycles. The lowest BCUT2D eigenvalue weighted by Crippen LogP contribution is -2.25. The summed E-state index contributed by atoms with van der Waals surface area (Å²) in [5.74, 6) is -0.877. The van der Waals surface area contributed by atoms with Gasteiger partial charge in [-0.1, -0.05) is 0 Å². The van der Waals surface area contributed by atoms with Crippen LogP contribution in [-0.2, 0) is 9.59 Å². The minimum absolute atomic E-state index is 0.187. The fraction of sp³-hybridized carbons (Fsp3) is 0.333. The van der Waals surface area contributed by atoms with Gasteiger partial charge in [-0.25, -0.2) is 0 Å². The van der Waals surface area contributed by atoms with Crippen LogP contribution in [0.1, 0.15) is 8.29 Å². The highest BCUT2D eigenvalue weighted by molar-refractivity contribution is 6.15. The van der Waals surface area contributed by atoms with Crippen molar-refractivity contribution in [1.82, 2.24) is 4.90 Å². The molecule has 0 aromatic heterocycles. The highest BCUT2D eigenvalue weighted by Crippen LogP contribution is 2.07. The van der Waals surface area contributed by atoms with Gasteiger partial charge in [-0.15, -0.1) is 0 Å². The number of likely N-dealkylation sites (N-methyl/N-ethyl adjacent to an activating group) is 1. The molecule has 0 radical (unpaired) electrons. The lowest BCUT2D eigenvalue weighted by Gasteiger charge is -2.03. The Morgan fingerprint density at radius 1 is 1.67 bits per heavy atom. The van der Waals surface area contributed by atoms with E-state index in [1.807, 2.05) is 0 Å². The standard InChI is InChI=1S/C6H7NO2/c1-4-3-5(8)7(2)6(4)9/h3H,1-2H3/i3D. The van der Waals surface area contributed by atoms with Crippen LogP contribution in [0.15, 0.2) is 11.6 Å². The first kappa shape index (κ1) is 4.73. The Morgan fingerprint density at radius 2 is 2.22 bits per heavy atom. The maximum atomic E-state index is 10.9. The van der Waals surface area contributed by atoms with E-state index in [1.54, 1.807) is 0 Å². The second kappa shape index (κ2) is 1.69. The third-order valence-electron chi connectivity index (χ3n) is 1.22. The van der Waals surface area contributed by atoms with Crippen molar-refractivity contribution in [3.05, 3.63) is 11.6 Å². The van der Waals surface area contributed by atoms with Gasteiger partial charge in [0.05, 0.1) is 1.37 Å². The number of amides is 2. The summed E-state index contributed by atoms with van der Waals surface area (Å²) in [4.78, 5) is 22.6. The van der Waals surface area contributed by atoms with Crippen LogP contribution in [0.5, 0.6) is 0 Å². The average Bonchev–Trinajstić information content (AvgIpc) is 2.07. The fourth-order valence-corrected chi connectivity index (χ4v) is 0.642. The predicted molar refractivity (Wildman–Crippen MR) is 31.5 cm³/mol. The first-order chi connectivity index (χ1) is 4.55. The molecule has 3 heteroatoms. The fourth-order valence-electron chi connectivity index (χ4n) is 0.642. The first-order valence-electron chi connectivity index (χ1n) is 3.05. The van der Waals surface area contributed by atoms with E-state index < -0.39 is 5.91 Å². The van der Waals surface area contributed by atoms with Crippen LogP contribution in [0.25, 0.3) is 0 Å². The molecule has 0 aromatic carbocycles. The molecule has 0 spiro atoms. The Hall–Kier alpha value is -1.12. The van der Waals surface area contributed by atoms with Gasteiger partial charge in [-0.2, -0.15) is 0 Å². The molecule has 48 valence electrons. The number of carbonyl (C=O) groups excluding carboxylic acids is 2. The topological polar surface area (TPSA) is 37.4 Å². The Bertz CT molecular complexity index is 220. The highest BCUT2D eigenvalue weighted by Gasteiger charge is 2.23. The van der Waals surface area contributed by atoms with Crippen LogP contribution in [0.4, 0.5) is 0 Å². The minimum atomic E-state index is -0.512.